The van der Waals surface area contributed by atoms with Gasteiger partial charge in [0.1, 0.15) is 5.01 Å². The Balaban J connectivity index is 0.00000261. The van der Waals surface area contributed by atoms with Gasteiger partial charge in [-0.1, -0.05) is 44.2 Å². The van der Waals surface area contributed by atoms with Crippen molar-refractivity contribution in [2.75, 3.05) is 7.05 Å². The molecule has 2 N–H and O–H groups in total. The molecule has 2 heterocycles. The topological polar surface area (TPSA) is 75.3 Å². The summed E-state index contributed by atoms with van der Waals surface area (Å²) in [6.45, 7) is 5.39. The first kappa shape index (κ1) is 21.4. The van der Waals surface area contributed by atoms with Gasteiger partial charge in [-0.15, -0.1) is 35.3 Å². The zero-order valence-corrected chi connectivity index (χ0v) is 18.7. The van der Waals surface area contributed by atoms with Crippen molar-refractivity contribution in [1.82, 2.24) is 20.6 Å². The van der Waals surface area contributed by atoms with Crippen molar-refractivity contribution in [1.29, 1.82) is 0 Å². The number of hydrogen-bond acceptors (Lipinski definition) is 5. The molecule has 0 saturated carbocycles. The Bertz CT molecular complexity index is 860. The first-order valence-corrected chi connectivity index (χ1v) is 9.42. The maximum atomic E-state index is 5.79. The first-order chi connectivity index (χ1) is 12.7. The summed E-state index contributed by atoms with van der Waals surface area (Å²) in [5, 5.41) is 9.62. The normalized spacial score (nSPS) is 11.3. The van der Waals surface area contributed by atoms with Gasteiger partial charge in [-0.25, -0.2) is 9.97 Å². The lowest BCUT2D eigenvalue weighted by Crippen LogP contribution is -2.36. The van der Waals surface area contributed by atoms with E-state index >= 15 is 0 Å². The summed E-state index contributed by atoms with van der Waals surface area (Å²) in [5.41, 5.74) is 2.14. The van der Waals surface area contributed by atoms with Gasteiger partial charge in [0.05, 0.1) is 25.0 Å². The smallest absolute Gasteiger partial charge is 0.214 e. The highest BCUT2D eigenvalue weighted by molar-refractivity contribution is 14.0. The van der Waals surface area contributed by atoms with Gasteiger partial charge in [0, 0.05) is 18.0 Å². The third-order valence-corrected chi connectivity index (χ3v) is 4.68. The molecule has 0 spiro atoms. The molecule has 0 radical (unpaired) electrons. The number of thiazole rings is 1. The van der Waals surface area contributed by atoms with Gasteiger partial charge < -0.3 is 15.1 Å². The highest BCUT2D eigenvalue weighted by Gasteiger charge is 2.08. The number of nitrogens with one attached hydrogen (secondary N) is 2. The maximum Gasteiger partial charge on any atom is 0.214 e. The molecule has 144 valence electrons. The molecule has 2 aromatic heterocycles. The summed E-state index contributed by atoms with van der Waals surface area (Å²) in [5.74, 6) is 2.50. The summed E-state index contributed by atoms with van der Waals surface area (Å²) in [4.78, 5) is 13.2. The molecule has 3 aromatic rings. The van der Waals surface area contributed by atoms with Crippen molar-refractivity contribution in [3.63, 3.8) is 0 Å². The molecule has 8 heteroatoms. The number of halogens is 1. The fraction of sp³-hybridized carbons (Fsp3) is 0.316. The SMILES string of the molecule is CN=C(NCc1ncc(-c2ccccc2)o1)NCc1nc(C(C)C)cs1.I. The zero-order valence-electron chi connectivity index (χ0n) is 15.6. The predicted molar refractivity (Wildman–Crippen MR) is 121 cm³/mol. The van der Waals surface area contributed by atoms with E-state index in [2.05, 4.69) is 44.8 Å². The average Bonchev–Trinajstić information content (AvgIpc) is 3.32. The second-order valence-corrected chi connectivity index (χ2v) is 7.03. The molecule has 0 amide bonds. The minimum atomic E-state index is 0. The van der Waals surface area contributed by atoms with E-state index in [-0.39, 0.29) is 24.0 Å². The van der Waals surface area contributed by atoms with Crippen LogP contribution in [0.2, 0.25) is 0 Å². The number of oxazole rings is 1. The van der Waals surface area contributed by atoms with E-state index < -0.39 is 0 Å². The Morgan fingerprint density at radius 2 is 1.93 bits per heavy atom. The molecule has 0 fully saturated rings. The van der Waals surface area contributed by atoms with E-state index in [0.29, 0.717) is 30.9 Å². The third kappa shape index (κ3) is 6.03. The minimum Gasteiger partial charge on any atom is -0.439 e. The van der Waals surface area contributed by atoms with E-state index in [1.165, 1.54) is 0 Å². The average molecular weight is 497 g/mol. The number of aliphatic imine (C=N–C) groups is 1. The maximum absolute atomic E-state index is 5.79. The van der Waals surface area contributed by atoms with Gasteiger partial charge in [0.2, 0.25) is 5.89 Å². The van der Waals surface area contributed by atoms with Crippen molar-refractivity contribution in [2.45, 2.75) is 32.9 Å². The standard InChI is InChI=1S/C19H23N5OS.HI/c1-13(2)15-12-26-18(24-15)11-23-19(20-3)22-10-17-21-9-16(25-17)14-7-5-4-6-8-14;/h4-9,12-13H,10-11H2,1-3H3,(H2,20,22,23);1H. The predicted octanol–water partition coefficient (Wildman–Crippen LogP) is 4.40. The van der Waals surface area contributed by atoms with Crippen LogP contribution in [-0.2, 0) is 13.1 Å². The van der Waals surface area contributed by atoms with Crippen molar-refractivity contribution in [3.05, 3.63) is 58.5 Å². The Hall–Kier alpha value is -1.94. The molecule has 0 aliphatic heterocycles. The van der Waals surface area contributed by atoms with Crippen LogP contribution in [0.5, 0.6) is 0 Å². The van der Waals surface area contributed by atoms with E-state index in [9.17, 15) is 0 Å². The lowest BCUT2D eigenvalue weighted by Gasteiger charge is -2.09. The fourth-order valence-electron chi connectivity index (χ4n) is 2.34. The molecule has 6 nitrogen and oxygen atoms in total. The van der Waals surface area contributed by atoms with Crippen LogP contribution in [-0.4, -0.2) is 23.0 Å². The first-order valence-electron chi connectivity index (χ1n) is 8.54. The molecule has 3 rings (SSSR count). The highest BCUT2D eigenvalue weighted by atomic mass is 127. The zero-order chi connectivity index (χ0) is 18.4. The molecular formula is C19H24IN5OS. The monoisotopic (exact) mass is 497 g/mol. The summed E-state index contributed by atoms with van der Waals surface area (Å²) >= 11 is 1.66. The molecule has 0 atom stereocenters. The number of rotatable bonds is 6. The van der Waals surface area contributed by atoms with Crippen LogP contribution in [0.4, 0.5) is 0 Å². The molecule has 1 aromatic carbocycles. The molecule has 0 bridgehead atoms. The fourth-order valence-corrected chi connectivity index (χ4v) is 3.23. The van der Waals surface area contributed by atoms with Gasteiger partial charge in [0.25, 0.3) is 0 Å². The lowest BCUT2D eigenvalue weighted by atomic mass is 10.2. The minimum absolute atomic E-state index is 0. The van der Waals surface area contributed by atoms with Crippen LogP contribution < -0.4 is 10.6 Å². The molecule has 0 saturated heterocycles. The van der Waals surface area contributed by atoms with Crippen molar-refractivity contribution in [3.8, 4) is 11.3 Å². The Kier molecular flexibility index (Phi) is 8.23. The van der Waals surface area contributed by atoms with E-state index in [1.54, 1.807) is 24.6 Å². The van der Waals surface area contributed by atoms with Crippen LogP contribution in [0, 0.1) is 0 Å². The largest absolute Gasteiger partial charge is 0.439 e. The summed E-state index contributed by atoms with van der Waals surface area (Å²) in [6, 6.07) is 9.93. The molecule has 0 aliphatic rings. The third-order valence-electron chi connectivity index (χ3n) is 3.81. The quantitative estimate of drug-likeness (QED) is 0.300. The second kappa shape index (κ2) is 10.4. The lowest BCUT2D eigenvalue weighted by molar-refractivity contribution is 0.497. The number of guanidine groups is 1. The van der Waals surface area contributed by atoms with Crippen LogP contribution in [0.3, 0.4) is 0 Å². The van der Waals surface area contributed by atoms with Crippen molar-refractivity contribution < 1.29 is 4.42 Å². The highest BCUT2D eigenvalue weighted by Crippen LogP contribution is 2.19. The van der Waals surface area contributed by atoms with Crippen LogP contribution in [0.1, 0.15) is 36.4 Å². The van der Waals surface area contributed by atoms with E-state index in [4.69, 9.17) is 4.42 Å². The number of benzene rings is 1. The van der Waals surface area contributed by atoms with E-state index in [0.717, 1.165) is 22.0 Å². The van der Waals surface area contributed by atoms with Gasteiger partial charge >= 0.3 is 0 Å². The van der Waals surface area contributed by atoms with Crippen LogP contribution in [0.15, 0.2) is 51.3 Å². The van der Waals surface area contributed by atoms with Crippen molar-refractivity contribution in [2.24, 2.45) is 4.99 Å². The van der Waals surface area contributed by atoms with Gasteiger partial charge in [-0.3, -0.25) is 4.99 Å². The summed E-state index contributed by atoms with van der Waals surface area (Å²) in [7, 11) is 1.74. The molecule has 0 unspecified atom stereocenters. The van der Waals surface area contributed by atoms with Crippen LogP contribution >= 0.6 is 35.3 Å². The summed E-state index contributed by atoms with van der Waals surface area (Å²) in [6.07, 6.45) is 1.74. The number of nitrogens with zero attached hydrogens (tertiary/aromatic N) is 3. The Labute approximate surface area is 180 Å². The summed E-state index contributed by atoms with van der Waals surface area (Å²) < 4.78 is 5.79. The Morgan fingerprint density at radius 3 is 2.59 bits per heavy atom. The van der Waals surface area contributed by atoms with E-state index in [1.807, 2.05) is 30.3 Å². The van der Waals surface area contributed by atoms with Gasteiger partial charge in [-0.2, -0.15) is 0 Å². The van der Waals surface area contributed by atoms with Crippen molar-refractivity contribution >= 4 is 41.3 Å². The molecule has 0 aliphatic carbocycles. The number of aromatic nitrogens is 2. The number of hydrogen-bond donors (Lipinski definition) is 2. The van der Waals surface area contributed by atoms with Crippen LogP contribution in [0.25, 0.3) is 11.3 Å². The second-order valence-electron chi connectivity index (χ2n) is 6.08. The van der Waals surface area contributed by atoms with Gasteiger partial charge in [0.15, 0.2) is 11.7 Å². The van der Waals surface area contributed by atoms with Gasteiger partial charge in [-0.05, 0) is 5.92 Å². The molecular weight excluding hydrogens is 473 g/mol. The Morgan fingerprint density at radius 1 is 1.19 bits per heavy atom. The molecule has 27 heavy (non-hydrogen) atoms.